The molecule has 0 spiro atoms. The van der Waals surface area contributed by atoms with E-state index >= 15 is 0 Å². The Kier molecular flexibility index (Phi) is 6.53. The predicted octanol–water partition coefficient (Wildman–Crippen LogP) is 6.77. The lowest BCUT2D eigenvalue weighted by Crippen LogP contribution is -2.57. The van der Waals surface area contributed by atoms with Crippen molar-refractivity contribution < 1.29 is 9.84 Å². The molecule has 0 radical (unpaired) electrons. The molecule has 0 aromatic rings. The number of allylic oxidation sites excluding steroid dienone is 1. The zero-order valence-electron chi connectivity index (χ0n) is 19.4. The van der Waals surface area contributed by atoms with E-state index in [1.807, 2.05) is 0 Å². The van der Waals surface area contributed by atoms with Gasteiger partial charge in [0.1, 0.15) is 0 Å². The second-order valence-corrected chi connectivity index (χ2v) is 11.5. The summed E-state index contributed by atoms with van der Waals surface area (Å²) >= 11 is 0. The minimum Gasteiger partial charge on any atom is -0.393 e. The average molecular weight is 403 g/mol. The van der Waals surface area contributed by atoms with Crippen LogP contribution >= 0.6 is 0 Å². The van der Waals surface area contributed by atoms with Crippen molar-refractivity contribution in [2.24, 2.45) is 40.4 Å². The van der Waals surface area contributed by atoms with Gasteiger partial charge in [-0.25, -0.2) is 0 Å². The van der Waals surface area contributed by atoms with Crippen LogP contribution in [0.15, 0.2) is 12.7 Å². The van der Waals surface area contributed by atoms with Crippen molar-refractivity contribution in [2.75, 3.05) is 6.61 Å². The monoisotopic (exact) mass is 402 g/mol. The van der Waals surface area contributed by atoms with E-state index in [2.05, 4.69) is 33.4 Å². The molecule has 4 aliphatic carbocycles. The summed E-state index contributed by atoms with van der Waals surface area (Å²) in [7, 11) is 0. The Balaban J connectivity index is 1.49. The van der Waals surface area contributed by atoms with Crippen LogP contribution in [0.3, 0.4) is 0 Å². The molecule has 0 saturated heterocycles. The van der Waals surface area contributed by atoms with E-state index in [1.165, 1.54) is 64.2 Å². The van der Waals surface area contributed by atoms with Crippen molar-refractivity contribution in [2.45, 2.75) is 110 Å². The Hall–Kier alpha value is -0.340. The highest BCUT2D eigenvalue weighted by molar-refractivity contribution is 5.11. The summed E-state index contributed by atoms with van der Waals surface area (Å²) in [6.45, 7) is 12.4. The van der Waals surface area contributed by atoms with Crippen LogP contribution in [0.4, 0.5) is 0 Å². The number of hydrogen-bond donors (Lipinski definition) is 1. The molecule has 4 aliphatic rings. The molecule has 9 atom stereocenters. The summed E-state index contributed by atoms with van der Waals surface area (Å²) in [5.41, 5.74) is 0.836. The van der Waals surface area contributed by atoms with Gasteiger partial charge in [0.05, 0.1) is 12.2 Å². The maximum atomic E-state index is 10.7. The van der Waals surface area contributed by atoms with Gasteiger partial charge in [0.25, 0.3) is 0 Å². The maximum Gasteiger partial charge on any atom is 0.0631 e. The number of hydrogen-bond acceptors (Lipinski definition) is 2. The molecular formula is C27H46O2. The van der Waals surface area contributed by atoms with Gasteiger partial charge in [0.15, 0.2) is 0 Å². The van der Waals surface area contributed by atoms with Crippen molar-refractivity contribution in [3.63, 3.8) is 0 Å². The molecular weight excluding hydrogens is 356 g/mol. The van der Waals surface area contributed by atoms with Crippen molar-refractivity contribution in [1.29, 1.82) is 0 Å². The first-order chi connectivity index (χ1) is 14.0. The lowest BCUT2D eigenvalue weighted by Gasteiger charge is -2.62. The molecule has 4 fully saturated rings. The van der Waals surface area contributed by atoms with E-state index in [9.17, 15) is 5.11 Å². The molecule has 0 aliphatic heterocycles. The van der Waals surface area contributed by atoms with Crippen molar-refractivity contribution in [1.82, 2.24) is 0 Å². The number of unbranched alkanes of at least 4 members (excludes halogenated alkanes) is 2. The van der Waals surface area contributed by atoms with Gasteiger partial charge in [-0.1, -0.05) is 39.7 Å². The first-order valence-electron chi connectivity index (χ1n) is 12.9. The van der Waals surface area contributed by atoms with E-state index in [0.29, 0.717) is 28.8 Å². The molecule has 0 amide bonds. The van der Waals surface area contributed by atoms with Gasteiger partial charge in [-0.2, -0.15) is 0 Å². The van der Waals surface area contributed by atoms with E-state index in [4.69, 9.17) is 4.74 Å². The van der Waals surface area contributed by atoms with Crippen LogP contribution in [-0.2, 0) is 4.74 Å². The number of aliphatic hydroxyl groups excluding tert-OH is 1. The zero-order valence-corrected chi connectivity index (χ0v) is 19.4. The normalized spacial score (nSPS) is 49.2. The molecule has 4 saturated carbocycles. The summed E-state index contributed by atoms with van der Waals surface area (Å²) in [4.78, 5) is 0. The fraction of sp³-hybridized carbons (Fsp3) is 0.926. The second kappa shape index (κ2) is 8.65. The lowest BCUT2D eigenvalue weighted by molar-refractivity contribution is -0.159. The van der Waals surface area contributed by atoms with Crippen LogP contribution in [-0.4, -0.2) is 23.9 Å². The first kappa shape index (κ1) is 21.9. The van der Waals surface area contributed by atoms with Gasteiger partial charge in [0.2, 0.25) is 0 Å². The summed E-state index contributed by atoms with van der Waals surface area (Å²) < 4.78 is 6.51. The largest absolute Gasteiger partial charge is 0.393 e. The number of rotatable bonds is 7. The van der Waals surface area contributed by atoms with Crippen molar-refractivity contribution in [3.05, 3.63) is 12.7 Å². The molecule has 1 unspecified atom stereocenters. The Bertz CT molecular complexity index is 573. The molecule has 29 heavy (non-hydrogen) atoms. The van der Waals surface area contributed by atoms with E-state index in [1.54, 1.807) is 0 Å². The Morgan fingerprint density at radius 1 is 0.931 bits per heavy atom. The van der Waals surface area contributed by atoms with E-state index < -0.39 is 0 Å². The van der Waals surface area contributed by atoms with Gasteiger partial charge in [-0.3, -0.25) is 0 Å². The standard InChI is InChI=1S/C27H46O2/c1-5-7-8-18-29-25-13-12-21-19-10-11-22-20(9-6-2)24(28)15-17-26(22,3)23(19)14-16-27(21,25)4/h6,19-25,28H,2,5,7-18H2,1,3-4H3/t19-,20-,21-,22-,23-,24+,25?,26-,27-/m0/s1. The van der Waals surface area contributed by atoms with Crippen LogP contribution in [0.5, 0.6) is 0 Å². The van der Waals surface area contributed by atoms with E-state index in [0.717, 1.165) is 37.2 Å². The van der Waals surface area contributed by atoms with Gasteiger partial charge >= 0.3 is 0 Å². The van der Waals surface area contributed by atoms with Gasteiger partial charge in [0, 0.05) is 6.61 Å². The molecule has 0 aromatic carbocycles. The molecule has 2 nitrogen and oxygen atoms in total. The molecule has 0 aromatic heterocycles. The summed E-state index contributed by atoms with van der Waals surface area (Å²) in [6, 6.07) is 0. The highest BCUT2D eigenvalue weighted by Gasteiger charge is 2.61. The first-order valence-corrected chi connectivity index (χ1v) is 12.9. The van der Waals surface area contributed by atoms with Gasteiger partial charge in [-0.15, -0.1) is 6.58 Å². The third-order valence-electron chi connectivity index (χ3n) is 10.4. The number of fused-ring (bicyclic) bond motifs is 5. The van der Waals surface area contributed by atoms with Gasteiger partial charge < -0.3 is 9.84 Å². The average Bonchev–Trinajstić information content (AvgIpc) is 3.04. The Morgan fingerprint density at radius 3 is 2.41 bits per heavy atom. The third kappa shape index (κ3) is 3.65. The van der Waals surface area contributed by atoms with Crippen LogP contribution in [0.1, 0.15) is 97.8 Å². The number of ether oxygens (including phenoxy) is 1. The molecule has 166 valence electrons. The number of aliphatic hydroxyl groups is 1. The van der Waals surface area contributed by atoms with Crippen molar-refractivity contribution in [3.8, 4) is 0 Å². The molecule has 0 bridgehead atoms. The fourth-order valence-electron chi connectivity index (χ4n) is 8.82. The third-order valence-corrected chi connectivity index (χ3v) is 10.4. The maximum absolute atomic E-state index is 10.7. The Morgan fingerprint density at radius 2 is 1.66 bits per heavy atom. The molecule has 4 rings (SSSR count). The van der Waals surface area contributed by atoms with Crippen molar-refractivity contribution >= 4 is 0 Å². The summed E-state index contributed by atoms with van der Waals surface area (Å²) in [5, 5.41) is 10.7. The molecule has 0 heterocycles. The predicted molar refractivity (Wildman–Crippen MR) is 121 cm³/mol. The summed E-state index contributed by atoms with van der Waals surface area (Å²) in [6.07, 6.45) is 17.6. The topological polar surface area (TPSA) is 29.5 Å². The van der Waals surface area contributed by atoms with Crippen LogP contribution in [0.2, 0.25) is 0 Å². The van der Waals surface area contributed by atoms with Crippen LogP contribution in [0, 0.1) is 40.4 Å². The zero-order chi connectivity index (χ0) is 20.6. The Labute approximate surface area is 179 Å². The highest BCUT2D eigenvalue weighted by atomic mass is 16.5. The fourth-order valence-corrected chi connectivity index (χ4v) is 8.82. The minimum absolute atomic E-state index is 0.108. The van der Waals surface area contributed by atoms with Crippen LogP contribution in [0.25, 0.3) is 0 Å². The highest BCUT2D eigenvalue weighted by Crippen LogP contribution is 2.67. The lowest BCUT2D eigenvalue weighted by atomic mass is 9.43. The smallest absolute Gasteiger partial charge is 0.0631 e. The molecule has 2 heteroatoms. The minimum atomic E-state index is -0.108. The molecule has 1 N–H and O–H groups in total. The van der Waals surface area contributed by atoms with Gasteiger partial charge in [-0.05, 0) is 105 Å². The SMILES string of the molecule is C=CC[C@@H]1[C@H](O)CC[C@@]2(C)[C@H]1CC[C@@H]1[C@@H]2CC[C@]2(C)C(OCCCCC)CC[C@@H]12. The van der Waals surface area contributed by atoms with E-state index in [-0.39, 0.29) is 6.10 Å². The quantitative estimate of drug-likeness (QED) is 0.376. The second-order valence-electron chi connectivity index (χ2n) is 11.5. The van der Waals surface area contributed by atoms with Crippen LogP contribution < -0.4 is 0 Å². The summed E-state index contributed by atoms with van der Waals surface area (Å²) in [5.74, 6) is 3.74.